The first kappa shape index (κ1) is 13.9. The van der Waals surface area contributed by atoms with Gasteiger partial charge in [0.05, 0.1) is 4.92 Å². The number of hydrogen-bond acceptors (Lipinski definition) is 5. The molecule has 0 atom stereocenters. The molecule has 7 nitrogen and oxygen atoms in total. The van der Waals surface area contributed by atoms with Gasteiger partial charge in [-0.3, -0.25) is 20.2 Å². The Kier molecular flexibility index (Phi) is 3.90. The Balaban J connectivity index is 2.17. The summed E-state index contributed by atoms with van der Waals surface area (Å²) in [6.45, 7) is 1.72. The van der Waals surface area contributed by atoms with Crippen LogP contribution >= 0.6 is 11.6 Å². The second-order valence-electron chi connectivity index (χ2n) is 3.91. The fourth-order valence-electron chi connectivity index (χ4n) is 1.49. The fraction of sp³-hybridized carbons (Fsp3) is 0.0833. The number of nitro benzene ring substituents is 1. The summed E-state index contributed by atoms with van der Waals surface area (Å²) >= 11 is 5.76. The van der Waals surface area contributed by atoms with Crippen LogP contribution in [0.2, 0.25) is 5.15 Å². The van der Waals surface area contributed by atoms with Crippen LogP contribution in [0.5, 0.6) is 0 Å². The summed E-state index contributed by atoms with van der Waals surface area (Å²) in [7, 11) is 0. The number of non-ortho nitro benzene ring substituents is 1. The van der Waals surface area contributed by atoms with Crippen molar-refractivity contribution in [2.24, 2.45) is 0 Å². The zero-order valence-electron chi connectivity index (χ0n) is 10.3. The van der Waals surface area contributed by atoms with Gasteiger partial charge in [-0.05, 0) is 25.1 Å². The summed E-state index contributed by atoms with van der Waals surface area (Å²) < 4.78 is 0. The molecule has 2 rings (SSSR count). The van der Waals surface area contributed by atoms with E-state index in [4.69, 9.17) is 11.6 Å². The Labute approximate surface area is 118 Å². The number of nitro groups is 1. The largest absolute Gasteiger partial charge is 0.290 e. The smallest absolute Gasteiger partial charge is 0.269 e. The molecule has 1 aromatic carbocycles. The normalized spacial score (nSPS) is 10.1. The van der Waals surface area contributed by atoms with E-state index in [9.17, 15) is 14.9 Å². The molecule has 102 valence electrons. The molecule has 0 saturated heterocycles. The lowest BCUT2D eigenvalue weighted by Gasteiger charge is -2.04. The van der Waals surface area contributed by atoms with Crippen LogP contribution in [0, 0.1) is 17.0 Å². The first-order chi connectivity index (χ1) is 9.45. The summed E-state index contributed by atoms with van der Waals surface area (Å²) in [5.41, 5.74) is 0.789. The first-order valence-electron chi connectivity index (χ1n) is 5.53. The summed E-state index contributed by atoms with van der Waals surface area (Å²) in [5.74, 6) is -0.389. The molecule has 0 unspecified atom stereocenters. The van der Waals surface area contributed by atoms with E-state index in [-0.39, 0.29) is 22.4 Å². The highest BCUT2D eigenvalue weighted by atomic mass is 35.5. The third-order valence-electron chi connectivity index (χ3n) is 2.39. The molecule has 0 aliphatic heterocycles. The van der Waals surface area contributed by atoms with Crippen LogP contribution < -0.4 is 5.32 Å². The Morgan fingerprint density at radius 2 is 1.95 bits per heavy atom. The predicted molar refractivity (Wildman–Crippen MR) is 72.8 cm³/mol. The topological polar surface area (TPSA) is 98.0 Å². The average Bonchev–Trinajstić information content (AvgIpc) is 2.37. The van der Waals surface area contributed by atoms with E-state index in [1.54, 1.807) is 13.0 Å². The van der Waals surface area contributed by atoms with Gasteiger partial charge in [0.2, 0.25) is 5.95 Å². The van der Waals surface area contributed by atoms with Crippen molar-refractivity contribution >= 4 is 29.1 Å². The molecule has 1 aromatic heterocycles. The minimum Gasteiger partial charge on any atom is -0.290 e. The Hall–Kier alpha value is -2.54. The molecule has 1 heterocycles. The molecule has 0 spiro atoms. The molecule has 0 aliphatic rings. The van der Waals surface area contributed by atoms with Crippen molar-refractivity contribution < 1.29 is 9.72 Å². The van der Waals surface area contributed by atoms with Gasteiger partial charge in [0.15, 0.2) is 0 Å². The lowest BCUT2D eigenvalue weighted by molar-refractivity contribution is -0.384. The minimum atomic E-state index is -0.537. The maximum absolute atomic E-state index is 11.9. The van der Waals surface area contributed by atoms with Crippen LogP contribution in [-0.2, 0) is 0 Å². The Morgan fingerprint density at radius 1 is 1.30 bits per heavy atom. The Bertz CT molecular complexity index is 653. The lowest BCUT2D eigenvalue weighted by atomic mass is 10.2. The quantitative estimate of drug-likeness (QED) is 0.532. The number of anilines is 1. The molecule has 0 saturated carbocycles. The van der Waals surface area contributed by atoms with Crippen LogP contribution in [0.4, 0.5) is 11.6 Å². The maximum atomic E-state index is 11.9. The Morgan fingerprint density at radius 3 is 2.50 bits per heavy atom. The standard InChI is InChI=1S/C12H9ClN4O3/c1-7-6-10(13)15-12(14-7)16-11(18)8-2-4-9(5-3-8)17(19)20/h2-6H,1H3,(H,14,15,16,18). The number of nitrogens with zero attached hydrogens (tertiary/aromatic N) is 3. The highest BCUT2D eigenvalue weighted by molar-refractivity contribution is 6.29. The number of amides is 1. The van der Waals surface area contributed by atoms with Gasteiger partial charge >= 0.3 is 0 Å². The van der Waals surface area contributed by atoms with E-state index >= 15 is 0 Å². The van der Waals surface area contributed by atoms with E-state index in [0.29, 0.717) is 5.69 Å². The lowest BCUT2D eigenvalue weighted by Crippen LogP contribution is -2.14. The predicted octanol–water partition coefficient (Wildman–Crippen LogP) is 2.60. The van der Waals surface area contributed by atoms with Crippen molar-refractivity contribution in [2.45, 2.75) is 6.92 Å². The van der Waals surface area contributed by atoms with Crippen molar-refractivity contribution in [1.82, 2.24) is 9.97 Å². The van der Waals surface area contributed by atoms with E-state index in [2.05, 4.69) is 15.3 Å². The van der Waals surface area contributed by atoms with Crippen molar-refractivity contribution in [2.75, 3.05) is 5.32 Å². The molecule has 1 amide bonds. The molecule has 0 aliphatic carbocycles. The number of halogens is 1. The van der Waals surface area contributed by atoms with Crippen molar-refractivity contribution in [3.05, 3.63) is 56.9 Å². The number of carbonyl (C=O) groups excluding carboxylic acids is 1. The maximum Gasteiger partial charge on any atom is 0.269 e. The molecule has 0 bridgehead atoms. The zero-order valence-corrected chi connectivity index (χ0v) is 11.1. The van der Waals surface area contributed by atoms with Gasteiger partial charge in [-0.1, -0.05) is 11.6 Å². The second-order valence-corrected chi connectivity index (χ2v) is 4.30. The molecule has 1 N–H and O–H groups in total. The SMILES string of the molecule is Cc1cc(Cl)nc(NC(=O)c2ccc([N+](=O)[O-])cc2)n1. The third-order valence-corrected chi connectivity index (χ3v) is 2.58. The van der Waals surface area contributed by atoms with Crippen LogP contribution in [0.3, 0.4) is 0 Å². The van der Waals surface area contributed by atoms with Crippen LogP contribution in [-0.4, -0.2) is 20.8 Å². The molecule has 0 radical (unpaired) electrons. The first-order valence-corrected chi connectivity index (χ1v) is 5.90. The summed E-state index contributed by atoms with van der Waals surface area (Å²) in [6.07, 6.45) is 0. The number of benzene rings is 1. The molecular weight excluding hydrogens is 284 g/mol. The summed E-state index contributed by atoms with van der Waals surface area (Å²) in [5, 5.41) is 13.2. The van der Waals surface area contributed by atoms with Crippen molar-refractivity contribution in [3.8, 4) is 0 Å². The summed E-state index contributed by atoms with van der Waals surface area (Å²) in [4.78, 5) is 29.8. The number of rotatable bonds is 3. The molecule has 0 fully saturated rings. The van der Waals surface area contributed by atoms with Gasteiger partial charge in [0.1, 0.15) is 5.15 Å². The van der Waals surface area contributed by atoms with Gasteiger partial charge in [0, 0.05) is 23.4 Å². The third kappa shape index (κ3) is 3.27. The molecule has 2 aromatic rings. The number of nitrogens with one attached hydrogen (secondary N) is 1. The average molecular weight is 293 g/mol. The molecule has 20 heavy (non-hydrogen) atoms. The number of aryl methyl sites for hydroxylation is 1. The molecular formula is C12H9ClN4O3. The van der Waals surface area contributed by atoms with Crippen molar-refractivity contribution in [3.63, 3.8) is 0 Å². The van der Waals surface area contributed by atoms with Crippen LogP contribution in [0.15, 0.2) is 30.3 Å². The van der Waals surface area contributed by atoms with E-state index in [0.717, 1.165) is 0 Å². The number of carbonyl (C=O) groups is 1. The van der Waals surface area contributed by atoms with Gasteiger partial charge in [-0.15, -0.1) is 0 Å². The zero-order chi connectivity index (χ0) is 14.7. The number of hydrogen-bond donors (Lipinski definition) is 1. The monoisotopic (exact) mass is 292 g/mol. The fourth-order valence-corrected chi connectivity index (χ4v) is 1.73. The van der Waals surface area contributed by atoms with Crippen molar-refractivity contribution in [1.29, 1.82) is 0 Å². The van der Waals surface area contributed by atoms with Crippen LogP contribution in [0.1, 0.15) is 16.1 Å². The van der Waals surface area contributed by atoms with Gasteiger partial charge in [-0.25, -0.2) is 9.97 Å². The minimum absolute atomic E-state index is 0.0818. The van der Waals surface area contributed by atoms with E-state index in [1.807, 2.05) is 0 Å². The number of aromatic nitrogens is 2. The van der Waals surface area contributed by atoms with Gasteiger partial charge in [0.25, 0.3) is 11.6 Å². The second kappa shape index (κ2) is 5.62. The van der Waals surface area contributed by atoms with Crippen LogP contribution in [0.25, 0.3) is 0 Å². The molecule has 8 heteroatoms. The van der Waals surface area contributed by atoms with Gasteiger partial charge in [-0.2, -0.15) is 0 Å². The highest BCUT2D eigenvalue weighted by Gasteiger charge is 2.11. The van der Waals surface area contributed by atoms with E-state index in [1.165, 1.54) is 24.3 Å². The highest BCUT2D eigenvalue weighted by Crippen LogP contribution is 2.14. The van der Waals surface area contributed by atoms with Gasteiger partial charge < -0.3 is 0 Å². The van der Waals surface area contributed by atoms with E-state index < -0.39 is 10.8 Å². The summed E-state index contributed by atoms with van der Waals surface area (Å²) in [6, 6.07) is 6.76.